The number of rotatable bonds is 14. The Balaban J connectivity index is 1.27. The quantitative estimate of drug-likeness (QED) is 0.109. The number of hydrogen-bond acceptors (Lipinski definition) is 6. The van der Waals surface area contributed by atoms with Gasteiger partial charge in [0.25, 0.3) is 0 Å². The van der Waals surface area contributed by atoms with Crippen molar-refractivity contribution in [1.29, 1.82) is 0 Å². The Morgan fingerprint density at radius 1 is 0.483 bits per heavy atom. The zero-order chi connectivity index (χ0) is 42.0. The molecule has 0 fully saturated rings. The average molecular weight is 801 g/mol. The molecule has 2 aliphatic rings. The predicted octanol–water partition coefficient (Wildman–Crippen LogP) is 13.5. The molecule has 6 nitrogen and oxygen atoms in total. The third kappa shape index (κ3) is 7.72. The number of hydrogen-bond donors (Lipinski definition) is 0. The van der Waals surface area contributed by atoms with E-state index in [0.717, 1.165) is 91.5 Å². The standard InChI is InChI=1S/C54H56O6/c1-9-37(7)57-42-23-25-46(50(33-42)55-35(3)4)53(40-17-13-11-14-18-40)31-29-44-48(59-53)27-21-39-22-28-49-45(52(39)44)30-32-54(60-49,41-19-15-12-16-20-41)47-26-24-43(58-38(8)10-2)34-51(47)56-36(5)6/h11-38H,9-10H2,1-8H3. The summed E-state index contributed by atoms with van der Waals surface area (Å²) in [6.45, 7) is 16.6. The fourth-order valence-electron chi connectivity index (χ4n) is 8.14. The maximum absolute atomic E-state index is 7.33. The van der Waals surface area contributed by atoms with E-state index in [2.05, 4.69) is 137 Å². The van der Waals surface area contributed by atoms with Crippen molar-refractivity contribution >= 4 is 22.9 Å². The number of ether oxygens (including phenoxy) is 6. The molecule has 8 rings (SSSR count). The number of fused-ring (bicyclic) bond motifs is 5. The van der Waals surface area contributed by atoms with Crippen LogP contribution in [0.5, 0.6) is 34.5 Å². The van der Waals surface area contributed by atoms with Gasteiger partial charge in [0.05, 0.1) is 24.4 Å². The van der Waals surface area contributed by atoms with Crippen molar-refractivity contribution in [3.63, 3.8) is 0 Å². The SMILES string of the molecule is CCC(C)Oc1ccc(C2(c3ccccc3)C=Cc3c(ccc4ccc5c(c34)C=CC(c3ccccc3)(c3ccc(OC(C)CC)cc3OC(C)C)O5)O2)c(OC(C)C)c1. The van der Waals surface area contributed by atoms with Crippen LogP contribution in [-0.2, 0) is 11.2 Å². The highest BCUT2D eigenvalue weighted by molar-refractivity contribution is 6.02. The maximum Gasteiger partial charge on any atom is 0.181 e. The van der Waals surface area contributed by atoms with E-state index in [0.29, 0.717) is 0 Å². The van der Waals surface area contributed by atoms with Crippen molar-refractivity contribution in [2.75, 3.05) is 0 Å². The van der Waals surface area contributed by atoms with E-state index in [1.807, 2.05) is 64.1 Å². The lowest BCUT2D eigenvalue weighted by molar-refractivity contribution is 0.149. The molecule has 0 radical (unpaired) electrons. The summed E-state index contributed by atoms with van der Waals surface area (Å²) in [7, 11) is 0. The Morgan fingerprint density at radius 3 is 1.28 bits per heavy atom. The summed E-state index contributed by atoms with van der Waals surface area (Å²) in [6.07, 6.45) is 10.6. The summed E-state index contributed by atoms with van der Waals surface area (Å²) in [6, 6.07) is 41.3. The van der Waals surface area contributed by atoms with Gasteiger partial charge in [0.15, 0.2) is 11.2 Å². The molecule has 2 aliphatic heterocycles. The Hall–Kier alpha value is -6.14. The zero-order valence-corrected chi connectivity index (χ0v) is 36.0. The second-order valence-electron chi connectivity index (χ2n) is 16.4. The van der Waals surface area contributed by atoms with Crippen LogP contribution in [0, 0.1) is 0 Å². The first-order valence-electron chi connectivity index (χ1n) is 21.5. The van der Waals surface area contributed by atoms with Crippen molar-refractivity contribution in [2.24, 2.45) is 0 Å². The molecule has 6 heteroatoms. The van der Waals surface area contributed by atoms with E-state index in [-0.39, 0.29) is 24.4 Å². The maximum atomic E-state index is 7.33. The van der Waals surface area contributed by atoms with Crippen molar-refractivity contribution in [1.82, 2.24) is 0 Å². The molecule has 0 amide bonds. The van der Waals surface area contributed by atoms with Gasteiger partial charge in [-0.05, 0) is 120 Å². The zero-order valence-electron chi connectivity index (χ0n) is 36.0. The molecule has 0 aromatic heterocycles. The Labute approximate surface area is 355 Å². The van der Waals surface area contributed by atoms with E-state index < -0.39 is 11.2 Å². The largest absolute Gasteiger partial charge is 0.491 e. The highest BCUT2D eigenvalue weighted by Crippen LogP contribution is 2.52. The summed E-state index contributed by atoms with van der Waals surface area (Å²) in [4.78, 5) is 0. The van der Waals surface area contributed by atoms with Gasteiger partial charge in [-0.25, -0.2) is 0 Å². The minimum atomic E-state index is -0.984. The van der Waals surface area contributed by atoms with Crippen molar-refractivity contribution in [3.8, 4) is 34.5 Å². The minimum absolute atomic E-state index is 0.0652. The van der Waals surface area contributed by atoms with Crippen molar-refractivity contribution in [2.45, 2.75) is 104 Å². The van der Waals surface area contributed by atoms with E-state index in [1.54, 1.807) is 0 Å². The normalized spacial score (nSPS) is 18.9. The third-order valence-corrected chi connectivity index (χ3v) is 11.4. The lowest BCUT2D eigenvalue weighted by Crippen LogP contribution is -2.35. The van der Waals surface area contributed by atoms with Crippen LogP contribution in [0.2, 0.25) is 0 Å². The molecular formula is C54H56O6. The molecule has 4 atom stereocenters. The molecule has 60 heavy (non-hydrogen) atoms. The molecular weight excluding hydrogens is 745 g/mol. The van der Waals surface area contributed by atoms with Gasteiger partial charge < -0.3 is 28.4 Å². The highest BCUT2D eigenvalue weighted by Gasteiger charge is 2.43. The fraction of sp³-hybridized carbons (Fsp3) is 0.296. The van der Waals surface area contributed by atoms with Crippen LogP contribution < -0.4 is 28.4 Å². The summed E-state index contributed by atoms with van der Waals surface area (Å²) < 4.78 is 40.3. The topological polar surface area (TPSA) is 55.4 Å². The molecule has 0 aliphatic carbocycles. The van der Waals surface area contributed by atoms with Gasteiger partial charge in [-0.2, -0.15) is 0 Å². The van der Waals surface area contributed by atoms with Crippen LogP contribution in [0.1, 0.15) is 102 Å². The molecule has 0 N–H and O–H groups in total. The van der Waals surface area contributed by atoms with Gasteiger partial charge >= 0.3 is 0 Å². The van der Waals surface area contributed by atoms with E-state index in [1.165, 1.54) is 0 Å². The summed E-state index contributed by atoms with van der Waals surface area (Å²) >= 11 is 0. The molecule has 0 spiro atoms. The van der Waals surface area contributed by atoms with Crippen LogP contribution in [0.25, 0.3) is 22.9 Å². The first kappa shape index (κ1) is 40.6. The molecule has 0 saturated carbocycles. The highest BCUT2D eigenvalue weighted by atomic mass is 16.5. The molecule has 6 aromatic carbocycles. The second-order valence-corrected chi connectivity index (χ2v) is 16.4. The molecule has 308 valence electrons. The number of benzene rings is 6. The first-order valence-corrected chi connectivity index (χ1v) is 21.5. The van der Waals surface area contributed by atoms with Crippen LogP contribution in [0.15, 0.2) is 133 Å². The predicted molar refractivity (Wildman–Crippen MR) is 243 cm³/mol. The summed E-state index contributed by atoms with van der Waals surface area (Å²) in [5.74, 6) is 4.48. The second kappa shape index (κ2) is 16.8. The Bertz CT molecular complexity index is 2350. The molecule has 2 heterocycles. The first-order chi connectivity index (χ1) is 29.0. The average Bonchev–Trinajstić information content (AvgIpc) is 3.26. The van der Waals surface area contributed by atoms with Gasteiger partial charge in [-0.3, -0.25) is 0 Å². The van der Waals surface area contributed by atoms with Crippen LogP contribution in [0.3, 0.4) is 0 Å². The minimum Gasteiger partial charge on any atom is -0.491 e. The molecule has 0 saturated heterocycles. The van der Waals surface area contributed by atoms with Crippen molar-refractivity contribution in [3.05, 3.63) is 167 Å². The molecule has 4 unspecified atom stereocenters. The summed E-state index contributed by atoms with van der Waals surface area (Å²) in [5, 5.41) is 2.13. The monoisotopic (exact) mass is 800 g/mol. The van der Waals surface area contributed by atoms with Gasteiger partial charge in [0.1, 0.15) is 34.5 Å². The van der Waals surface area contributed by atoms with Gasteiger partial charge in [0.2, 0.25) is 0 Å². The van der Waals surface area contributed by atoms with Crippen molar-refractivity contribution < 1.29 is 28.4 Å². The van der Waals surface area contributed by atoms with Crippen LogP contribution in [0.4, 0.5) is 0 Å². The fourth-order valence-corrected chi connectivity index (χ4v) is 8.14. The lowest BCUT2D eigenvalue weighted by atomic mass is 9.81. The van der Waals surface area contributed by atoms with E-state index >= 15 is 0 Å². The van der Waals surface area contributed by atoms with Gasteiger partial charge in [-0.15, -0.1) is 0 Å². The smallest absolute Gasteiger partial charge is 0.181 e. The van der Waals surface area contributed by atoms with E-state index in [4.69, 9.17) is 28.4 Å². The molecule has 0 bridgehead atoms. The van der Waals surface area contributed by atoms with Gasteiger partial charge in [0, 0.05) is 50.9 Å². The lowest BCUT2D eigenvalue weighted by Gasteiger charge is -2.39. The Morgan fingerprint density at radius 2 is 0.900 bits per heavy atom. The third-order valence-electron chi connectivity index (χ3n) is 11.4. The van der Waals surface area contributed by atoms with E-state index in [9.17, 15) is 0 Å². The van der Waals surface area contributed by atoms with Crippen LogP contribution >= 0.6 is 0 Å². The van der Waals surface area contributed by atoms with Crippen LogP contribution in [-0.4, -0.2) is 24.4 Å². The van der Waals surface area contributed by atoms with Gasteiger partial charge in [-0.1, -0.05) is 86.6 Å². The molecule has 6 aromatic rings. The Kier molecular flexibility index (Phi) is 11.4. The summed E-state index contributed by atoms with van der Waals surface area (Å²) in [5.41, 5.74) is 3.76.